The van der Waals surface area contributed by atoms with Crippen LogP contribution in [0, 0.1) is 0 Å². The molecule has 0 amide bonds. The number of hydrogen-bond donors (Lipinski definition) is 2. The molecule has 1 atom stereocenters. The van der Waals surface area contributed by atoms with E-state index in [0.29, 0.717) is 22.8 Å². The molecule has 0 fully saturated rings. The molecular weight excluding hydrogens is 262 g/mol. The number of rotatable bonds is 6. The fraction of sp³-hybridized carbons (Fsp3) is 0.467. The smallest absolute Gasteiger partial charge is 0.153 e. The Morgan fingerprint density at radius 1 is 1.37 bits per heavy atom. The second-order valence-electron chi connectivity index (χ2n) is 5.04. The van der Waals surface area contributed by atoms with Crippen LogP contribution < -0.4 is 5.32 Å². The van der Waals surface area contributed by atoms with Gasteiger partial charge in [0.1, 0.15) is 11.4 Å². The Balaban J connectivity index is 2.15. The Morgan fingerprint density at radius 2 is 2.16 bits per heavy atom. The van der Waals surface area contributed by atoms with Gasteiger partial charge in [-0.1, -0.05) is 30.7 Å². The Kier molecular flexibility index (Phi) is 4.50. The summed E-state index contributed by atoms with van der Waals surface area (Å²) < 4.78 is 5.71. The van der Waals surface area contributed by atoms with E-state index in [-0.39, 0.29) is 0 Å². The van der Waals surface area contributed by atoms with Crippen LogP contribution in [0.4, 0.5) is 0 Å². The van der Waals surface area contributed by atoms with Gasteiger partial charge in [0.15, 0.2) is 5.58 Å². The molecule has 0 aliphatic carbocycles. The first-order valence-electron chi connectivity index (χ1n) is 6.66. The molecule has 0 saturated heterocycles. The van der Waals surface area contributed by atoms with Crippen molar-refractivity contribution in [3.05, 3.63) is 35.0 Å². The second kappa shape index (κ2) is 5.95. The first-order chi connectivity index (χ1) is 9.04. The largest absolute Gasteiger partial charge is 0.456 e. The quantitative estimate of drug-likeness (QED) is 0.794. The van der Waals surface area contributed by atoms with Crippen LogP contribution in [-0.2, 0) is 5.60 Å². The van der Waals surface area contributed by atoms with E-state index in [1.807, 2.05) is 18.2 Å². The van der Waals surface area contributed by atoms with Crippen molar-refractivity contribution in [1.29, 1.82) is 0 Å². The van der Waals surface area contributed by atoms with Crippen LogP contribution in [0.1, 0.15) is 32.4 Å². The first kappa shape index (κ1) is 14.4. The van der Waals surface area contributed by atoms with Crippen molar-refractivity contribution >= 4 is 22.6 Å². The van der Waals surface area contributed by atoms with E-state index in [1.54, 1.807) is 13.0 Å². The molecule has 19 heavy (non-hydrogen) atoms. The van der Waals surface area contributed by atoms with Crippen LogP contribution in [0.15, 0.2) is 28.7 Å². The van der Waals surface area contributed by atoms with Gasteiger partial charge in [-0.3, -0.25) is 0 Å². The number of para-hydroxylation sites is 1. The lowest BCUT2D eigenvalue weighted by Crippen LogP contribution is -2.27. The topological polar surface area (TPSA) is 45.4 Å². The summed E-state index contributed by atoms with van der Waals surface area (Å²) in [4.78, 5) is 0. The van der Waals surface area contributed by atoms with Crippen LogP contribution >= 0.6 is 11.6 Å². The molecule has 0 radical (unpaired) electrons. The fourth-order valence-electron chi connectivity index (χ4n) is 2.05. The van der Waals surface area contributed by atoms with Gasteiger partial charge >= 0.3 is 0 Å². The molecule has 0 spiro atoms. The first-order valence-corrected chi connectivity index (χ1v) is 7.04. The molecule has 0 saturated carbocycles. The van der Waals surface area contributed by atoms with Crippen LogP contribution in [0.3, 0.4) is 0 Å². The lowest BCUT2D eigenvalue weighted by Gasteiger charge is -2.20. The van der Waals surface area contributed by atoms with Gasteiger partial charge in [0, 0.05) is 5.39 Å². The zero-order chi connectivity index (χ0) is 13.9. The monoisotopic (exact) mass is 281 g/mol. The number of aliphatic hydroxyl groups is 1. The van der Waals surface area contributed by atoms with Crippen molar-refractivity contribution < 1.29 is 9.52 Å². The Labute approximate surface area is 118 Å². The molecular formula is C15H20ClNO2. The maximum absolute atomic E-state index is 10.5. The zero-order valence-corrected chi connectivity index (χ0v) is 12.1. The SMILES string of the molecule is CCCNCCC(C)(O)c1cc2cccc(Cl)c2o1. The highest BCUT2D eigenvalue weighted by Crippen LogP contribution is 2.33. The Morgan fingerprint density at radius 3 is 2.84 bits per heavy atom. The average molecular weight is 282 g/mol. The van der Waals surface area contributed by atoms with Crippen molar-refractivity contribution in [3.8, 4) is 0 Å². The van der Waals surface area contributed by atoms with Gasteiger partial charge in [-0.2, -0.15) is 0 Å². The predicted octanol–water partition coefficient (Wildman–Crippen LogP) is 3.68. The van der Waals surface area contributed by atoms with Crippen LogP contribution in [-0.4, -0.2) is 18.2 Å². The summed E-state index contributed by atoms with van der Waals surface area (Å²) in [5.41, 5.74) is -0.343. The molecule has 2 aromatic rings. The number of fused-ring (bicyclic) bond motifs is 1. The summed E-state index contributed by atoms with van der Waals surface area (Å²) in [5.74, 6) is 0.564. The summed E-state index contributed by atoms with van der Waals surface area (Å²) in [6, 6.07) is 7.46. The second-order valence-corrected chi connectivity index (χ2v) is 5.45. The number of furan rings is 1. The normalized spacial score (nSPS) is 14.7. The van der Waals surface area contributed by atoms with Crippen molar-refractivity contribution in [2.75, 3.05) is 13.1 Å². The minimum absolute atomic E-state index is 0.564. The summed E-state index contributed by atoms with van der Waals surface area (Å²) >= 11 is 6.08. The van der Waals surface area contributed by atoms with E-state index in [4.69, 9.17) is 16.0 Å². The van der Waals surface area contributed by atoms with Crippen molar-refractivity contribution in [2.45, 2.75) is 32.3 Å². The summed E-state index contributed by atoms with van der Waals surface area (Å²) in [6.45, 7) is 5.60. The summed E-state index contributed by atoms with van der Waals surface area (Å²) in [7, 11) is 0. The van der Waals surface area contributed by atoms with Crippen LogP contribution in [0.5, 0.6) is 0 Å². The number of halogens is 1. The molecule has 0 aliphatic heterocycles. The molecule has 1 aromatic carbocycles. The lowest BCUT2D eigenvalue weighted by molar-refractivity contribution is 0.0272. The average Bonchev–Trinajstić information content (AvgIpc) is 2.81. The van der Waals surface area contributed by atoms with E-state index in [2.05, 4.69) is 12.2 Å². The fourth-order valence-corrected chi connectivity index (χ4v) is 2.27. The molecule has 2 rings (SSSR count). The van der Waals surface area contributed by atoms with Crippen LogP contribution in [0.25, 0.3) is 11.0 Å². The van der Waals surface area contributed by atoms with E-state index >= 15 is 0 Å². The van der Waals surface area contributed by atoms with Gasteiger partial charge in [-0.15, -0.1) is 0 Å². The Hall–Kier alpha value is -1.03. The molecule has 3 nitrogen and oxygen atoms in total. The maximum atomic E-state index is 10.5. The molecule has 4 heteroatoms. The van der Waals surface area contributed by atoms with Gasteiger partial charge < -0.3 is 14.8 Å². The third-order valence-corrected chi connectivity index (χ3v) is 3.54. The Bertz CT molecular complexity index is 548. The molecule has 2 N–H and O–H groups in total. The van der Waals surface area contributed by atoms with E-state index in [9.17, 15) is 5.11 Å². The van der Waals surface area contributed by atoms with Gasteiger partial charge in [0.2, 0.25) is 0 Å². The molecule has 1 aromatic heterocycles. The number of benzene rings is 1. The van der Waals surface area contributed by atoms with Gasteiger partial charge in [0.25, 0.3) is 0 Å². The molecule has 0 bridgehead atoms. The van der Waals surface area contributed by atoms with Gasteiger partial charge in [-0.25, -0.2) is 0 Å². The van der Waals surface area contributed by atoms with E-state index in [1.165, 1.54) is 0 Å². The minimum Gasteiger partial charge on any atom is -0.456 e. The number of nitrogens with one attached hydrogen (secondary N) is 1. The lowest BCUT2D eigenvalue weighted by atomic mass is 9.99. The zero-order valence-electron chi connectivity index (χ0n) is 11.4. The molecule has 104 valence electrons. The summed E-state index contributed by atoms with van der Waals surface area (Å²) in [5, 5.41) is 15.3. The van der Waals surface area contributed by atoms with E-state index < -0.39 is 5.60 Å². The maximum Gasteiger partial charge on any atom is 0.153 e. The van der Waals surface area contributed by atoms with E-state index in [0.717, 1.165) is 24.9 Å². The van der Waals surface area contributed by atoms with Crippen molar-refractivity contribution in [3.63, 3.8) is 0 Å². The highest BCUT2D eigenvalue weighted by Gasteiger charge is 2.27. The third-order valence-electron chi connectivity index (χ3n) is 3.24. The predicted molar refractivity (Wildman–Crippen MR) is 78.6 cm³/mol. The van der Waals surface area contributed by atoms with Gasteiger partial charge in [0.05, 0.1) is 5.02 Å². The third kappa shape index (κ3) is 3.30. The van der Waals surface area contributed by atoms with Crippen molar-refractivity contribution in [1.82, 2.24) is 5.32 Å². The highest BCUT2D eigenvalue weighted by atomic mass is 35.5. The molecule has 0 aliphatic rings. The summed E-state index contributed by atoms with van der Waals surface area (Å²) in [6.07, 6.45) is 1.69. The highest BCUT2D eigenvalue weighted by molar-refractivity contribution is 6.34. The number of hydrogen-bond acceptors (Lipinski definition) is 3. The van der Waals surface area contributed by atoms with Gasteiger partial charge in [-0.05, 0) is 45.0 Å². The van der Waals surface area contributed by atoms with Crippen molar-refractivity contribution in [2.24, 2.45) is 0 Å². The molecule has 1 heterocycles. The van der Waals surface area contributed by atoms with Crippen LogP contribution in [0.2, 0.25) is 5.02 Å². The standard InChI is InChI=1S/C15H20ClNO2/c1-3-8-17-9-7-15(2,18)13-10-11-5-4-6-12(16)14(11)19-13/h4-6,10,17-18H,3,7-9H2,1-2H3. The minimum atomic E-state index is -0.983. The molecule has 1 unspecified atom stereocenters.